The molecule has 1 heterocycles. The Balaban J connectivity index is 0.00000450. The Morgan fingerprint density at radius 3 is 2.10 bits per heavy atom. The van der Waals surface area contributed by atoms with Gasteiger partial charge >= 0.3 is 0 Å². The van der Waals surface area contributed by atoms with Gasteiger partial charge in [-0.1, -0.05) is 12.1 Å². The van der Waals surface area contributed by atoms with Crippen molar-refractivity contribution in [2.24, 2.45) is 4.99 Å². The molecule has 0 saturated heterocycles. The largest absolute Gasteiger partial charge is 0.357 e. The maximum atomic E-state index is 12.4. The molecule has 2 amide bonds. The summed E-state index contributed by atoms with van der Waals surface area (Å²) in [5, 5.41) is 6.45. The smallest absolute Gasteiger partial charge is 0.261 e. The van der Waals surface area contributed by atoms with Crippen LogP contribution in [0.25, 0.3) is 0 Å². The molecule has 0 unspecified atom stereocenters. The second kappa shape index (κ2) is 12.9. The number of hydrogen-bond acceptors (Lipinski definition) is 4. The zero-order chi connectivity index (χ0) is 21.4. The van der Waals surface area contributed by atoms with Crippen LogP contribution in [0, 0.1) is 0 Å². The van der Waals surface area contributed by atoms with Gasteiger partial charge in [0.25, 0.3) is 11.8 Å². The van der Waals surface area contributed by atoms with Gasteiger partial charge in [-0.3, -0.25) is 24.4 Å². The topological polar surface area (TPSA) is 77.0 Å². The lowest BCUT2D eigenvalue weighted by atomic mass is 10.1. The van der Waals surface area contributed by atoms with Crippen molar-refractivity contribution in [3.8, 4) is 0 Å². The maximum absolute atomic E-state index is 12.4. The number of carbonyl (C=O) groups is 2. The van der Waals surface area contributed by atoms with Crippen LogP contribution in [0.15, 0.2) is 29.3 Å². The van der Waals surface area contributed by atoms with E-state index in [0.29, 0.717) is 42.3 Å². The first-order valence-corrected chi connectivity index (χ1v) is 10.6. The molecule has 1 aromatic rings. The number of nitrogens with zero attached hydrogens (tertiary/aromatic N) is 3. The monoisotopic (exact) mass is 529 g/mol. The van der Waals surface area contributed by atoms with E-state index in [1.807, 2.05) is 6.92 Å². The van der Waals surface area contributed by atoms with Crippen LogP contribution in [0.4, 0.5) is 0 Å². The summed E-state index contributed by atoms with van der Waals surface area (Å²) in [5.74, 6) is 0.262. The van der Waals surface area contributed by atoms with Crippen LogP contribution in [0.2, 0.25) is 0 Å². The minimum absolute atomic E-state index is 0. The molecule has 30 heavy (non-hydrogen) atoms. The molecule has 0 aromatic heterocycles. The highest BCUT2D eigenvalue weighted by Crippen LogP contribution is 2.21. The van der Waals surface area contributed by atoms with Gasteiger partial charge in [-0.2, -0.15) is 0 Å². The van der Waals surface area contributed by atoms with Crippen molar-refractivity contribution in [1.29, 1.82) is 0 Å². The molecular formula is C22H36IN5O2. The van der Waals surface area contributed by atoms with Gasteiger partial charge in [-0.15, -0.1) is 24.0 Å². The fourth-order valence-electron chi connectivity index (χ4n) is 3.63. The van der Waals surface area contributed by atoms with Gasteiger partial charge in [-0.05, 0) is 53.2 Å². The highest BCUT2D eigenvalue weighted by Gasteiger charge is 2.34. The van der Waals surface area contributed by atoms with E-state index < -0.39 is 0 Å². The quantitative estimate of drug-likeness (QED) is 0.160. The number of guanidine groups is 1. The Kier molecular flexibility index (Phi) is 11.3. The molecule has 1 aliphatic rings. The highest BCUT2D eigenvalue weighted by atomic mass is 127. The van der Waals surface area contributed by atoms with E-state index in [1.54, 1.807) is 24.3 Å². The first-order valence-electron chi connectivity index (χ1n) is 10.6. The van der Waals surface area contributed by atoms with Crippen molar-refractivity contribution in [2.45, 2.75) is 53.1 Å². The number of nitrogens with one attached hydrogen (secondary N) is 2. The van der Waals surface area contributed by atoms with E-state index in [2.05, 4.69) is 48.2 Å². The lowest BCUT2D eigenvalue weighted by Gasteiger charge is -2.30. The van der Waals surface area contributed by atoms with Crippen molar-refractivity contribution in [1.82, 2.24) is 20.4 Å². The Hall–Kier alpha value is -1.68. The van der Waals surface area contributed by atoms with E-state index in [1.165, 1.54) is 4.90 Å². The SMILES string of the molecule is CCNC(=NCCCN(C(C)C)C(C)C)NCCN1C(=O)c2ccccc2C1=O.I. The summed E-state index contributed by atoms with van der Waals surface area (Å²) in [6.07, 6.45) is 0.978. The number of benzene rings is 1. The summed E-state index contributed by atoms with van der Waals surface area (Å²) < 4.78 is 0. The van der Waals surface area contributed by atoms with E-state index in [-0.39, 0.29) is 35.8 Å². The summed E-state index contributed by atoms with van der Waals surface area (Å²) >= 11 is 0. The van der Waals surface area contributed by atoms with Crippen molar-refractivity contribution < 1.29 is 9.59 Å². The van der Waals surface area contributed by atoms with Gasteiger partial charge in [0.1, 0.15) is 0 Å². The Labute approximate surface area is 197 Å². The fourth-order valence-corrected chi connectivity index (χ4v) is 3.63. The predicted molar refractivity (Wildman–Crippen MR) is 133 cm³/mol. The molecule has 0 saturated carbocycles. The third-order valence-electron chi connectivity index (χ3n) is 5.02. The number of carbonyl (C=O) groups excluding carboxylic acids is 2. The van der Waals surface area contributed by atoms with Crippen LogP contribution in [0.3, 0.4) is 0 Å². The Morgan fingerprint density at radius 2 is 1.60 bits per heavy atom. The van der Waals surface area contributed by atoms with Crippen LogP contribution < -0.4 is 10.6 Å². The second-order valence-corrected chi connectivity index (χ2v) is 7.77. The van der Waals surface area contributed by atoms with Crippen LogP contribution in [0.5, 0.6) is 0 Å². The standard InChI is InChI=1S/C22H35N5O2.HI/c1-6-23-22(24-12-9-14-26(16(2)3)17(4)5)25-13-15-27-20(28)18-10-7-8-11-19(18)21(27)29;/h7-8,10-11,16-17H,6,9,12-15H2,1-5H3,(H2,23,24,25);1H. The van der Waals surface area contributed by atoms with E-state index in [4.69, 9.17) is 0 Å². The molecule has 0 aliphatic carbocycles. The summed E-state index contributed by atoms with van der Waals surface area (Å²) in [7, 11) is 0. The van der Waals surface area contributed by atoms with Crippen molar-refractivity contribution in [2.75, 3.05) is 32.7 Å². The van der Waals surface area contributed by atoms with Gasteiger partial charge in [0.15, 0.2) is 5.96 Å². The molecule has 7 nitrogen and oxygen atoms in total. The van der Waals surface area contributed by atoms with E-state index in [9.17, 15) is 9.59 Å². The molecule has 8 heteroatoms. The van der Waals surface area contributed by atoms with Crippen molar-refractivity contribution >= 4 is 41.8 Å². The lowest BCUT2D eigenvalue weighted by molar-refractivity contribution is 0.0657. The zero-order valence-electron chi connectivity index (χ0n) is 18.8. The predicted octanol–water partition coefficient (Wildman–Crippen LogP) is 2.96. The molecule has 0 fully saturated rings. The summed E-state index contributed by atoms with van der Waals surface area (Å²) in [6, 6.07) is 8.00. The van der Waals surface area contributed by atoms with Crippen molar-refractivity contribution in [3.05, 3.63) is 35.4 Å². The Morgan fingerprint density at radius 1 is 1.03 bits per heavy atom. The number of hydrogen-bond donors (Lipinski definition) is 2. The van der Waals surface area contributed by atoms with Crippen LogP contribution in [-0.2, 0) is 0 Å². The molecule has 2 N–H and O–H groups in total. The first kappa shape index (κ1) is 26.4. The van der Waals surface area contributed by atoms with Crippen LogP contribution in [0.1, 0.15) is 61.8 Å². The molecule has 1 aromatic carbocycles. The molecule has 2 rings (SSSR count). The number of halogens is 1. The van der Waals surface area contributed by atoms with Crippen LogP contribution in [-0.4, -0.2) is 72.4 Å². The number of fused-ring (bicyclic) bond motifs is 1. The number of aliphatic imine (C=N–C) groups is 1. The fraction of sp³-hybridized carbons (Fsp3) is 0.591. The highest BCUT2D eigenvalue weighted by molar-refractivity contribution is 14.0. The molecule has 0 spiro atoms. The normalized spacial score (nSPS) is 13.9. The third kappa shape index (κ3) is 6.94. The van der Waals surface area contributed by atoms with Gasteiger partial charge in [0.05, 0.1) is 11.1 Å². The van der Waals surface area contributed by atoms with Crippen molar-refractivity contribution in [3.63, 3.8) is 0 Å². The average Bonchev–Trinajstić information content (AvgIpc) is 2.92. The van der Waals surface area contributed by atoms with Gasteiger partial charge in [0.2, 0.25) is 0 Å². The summed E-state index contributed by atoms with van der Waals surface area (Å²) in [6.45, 7) is 14.1. The van der Waals surface area contributed by atoms with Crippen LogP contribution >= 0.6 is 24.0 Å². The Bertz CT molecular complexity index is 693. The number of amides is 2. The first-order chi connectivity index (χ1) is 13.9. The number of rotatable bonds is 10. The molecule has 1 aliphatic heterocycles. The van der Waals surface area contributed by atoms with Gasteiger partial charge < -0.3 is 10.6 Å². The third-order valence-corrected chi connectivity index (χ3v) is 5.02. The van der Waals surface area contributed by atoms with Gasteiger partial charge in [0, 0.05) is 44.8 Å². The lowest BCUT2D eigenvalue weighted by Crippen LogP contribution is -2.43. The summed E-state index contributed by atoms with van der Waals surface area (Å²) in [5.41, 5.74) is 0.968. The summed E-state index contributed by atoms with van der Waals surface area (Å²) in [4.78, 5) is 33.2. The minimum atomic E-state index is -0.225. The molecule has 0 radical (unpaired) electrons. The minimum Gasteiger partial charge on any atom is -0.357 e. The van der Waals surface area contributed by atoms with Gasteiger partial charge in [-0.25, -0.2) is 0 Å². The van der Waals surface area contributed by atoms with E-state index >= 15 is 0 Å². The van der Waals surface area contributed by atoms with E-state index in [0.717, 1.165) is 26.1 Å². The molecule has 0 atom stereocenters. The zero-order valence-corrected chi connectivity index (χ0v) is 21.1. The molecular weight excluding hydrogens is 493 g/mol. The molecule has 168 valence electrons. The number of imide groups is 1. The maximum Gasteiger partial charge on any atom is 0.261 e. The molecule has 0 bridgehead atoms. The second-order valence-electron chi connectivity index (χ2n) is 7.77. The average molecular weight is 529 g/mol.